The summed E-state index contributed by atoms with van der Waals surface area (Å²) in [5.74, 6) is 0.559. The van der Waals surface area contributed by atoms with Gasteiger partial charge in [0.2, 0.25) is 5.91 Å². The fourth-order valence-corrected chi connectivity index (χ4v) is 3.07. The Morgan fingerprint density at radius 3 is 2.76 bits per heavy atom. The van der Waals surface area contributed by atoms with Crippen LogP contribution in [0.1, 0.15) is 30.9 Å². The molecule has 2 rings (SSSR count). The van der Waals surface area contributed by atoms with E-state index in [2.05, 4.69) is 55.6 Å². The molecule has 0 saturated carbocycles. The van der Waals surface area contributed by atoms with E-state index in [0.29, 0.717) is 18.5 Å². The minimum atomic E-state index is -0.0788. The number of fused-ring (bicyclic) bond motifs is 1. The smallest absolute Gasteiger partial charge is 0.228 e. The Labute approximate surface area is 127 Å². The van der Waals surface area contributed by atoms with E-state index in [1.807, 2.05) is 12.1 Å². The van der Waals surface area contributed by atoms with Crippen LogP contribution in [0.4, 0.5) is 0 Å². The summed E-state index contributed by atoms with van der Waals surface area (Å²) in [5, 5.41) is 6.47. The number of carbonyl (C=O) groups excluding carboxylic acids is 1. The lowest BCUT2D eigenvalue weighted by molar-refractivity contribution is -0.122. The molecule has 2 atom stereocenters. The molecule has 0 fully saturated rings. The van der Waals surface area contributed by atoms with E-state index in [-0.39, 0.29) is 11.8 Å². The van der Waals surface area contributed by atoms with Crippen molar-refractivity contribution in [1.29, 1.82) is 0 Å². The molecular weight excluding hydrogens is 262 g/mol. The average Bonchev–Trinajstić information content (AvgIpc) is 2.46. The standard InChI is InChI=1S/C17H27N3O/c1-12(2)16(20(3)4)11-19-17(21)15-10-18-9-13-7-5-6-8-14(13)15/h5-8,12,15-16,18H,9-11H2,1-4H3,(H,19,21). The maximum atomic E-state index is 12.5. The van der Waals surface area contributed by atoms with Crippen LogP contribution < -0.4 is 10.6 Å². The predicted octanol–water partition coefficient (Wildman–Crippen LogP) is 1.58. The highest BCUT2D eigenvalue weighted by molar-refractivity contribution is 5.84. The highest BCUT2D eigenvalue weighted by Gasteiger charge is 2.26. The van der Waals surface area contributed by atoms with Gasteiger partial charge < -0.3 is 15.5 Å². The summed E-state index contributed by atoms with van der Waals surface area (Å²) in [4.78, 5) is 14.7. The Bertz CT molecular complexity index is 477. The van der Waals surface area contributed by atoms with Crippen LogP contribution in [0.15, 0.2) is 24.3 Å². The highest BCUT2D eigenvalue weighted by atomic mass is 16.1. The summed E-state index contributed by atoms with van der Waals surface area (Å²) in [7, 11) is 4.13. The first kappa shape index (κ1) is 16.0. The monoisotopic (exact) mass is 289 g/mol. The van der Waals surface area contributed by atoms with Crippen molar-refractivity contribution in [3.8, 4) is 0 Å². The first-order valence-electron chi connectivity index (χ1n) is 7.73. The summed E-state index contributed by atoms with van der Waals surface area (Å²) in [6, 6.07) is 8.58. The molecule has 0 spiro atoms. The summed E-state index contributed by atoms with van der Waals surface area (Å²) in [5.41, 5.74) is 2.40. The molecule has 2 unspecified atom stereocenters. The van der Waals surface area contributed by atoms with E-state index < -0.39 is 0 Å². The molecule has 1 aliphatic heterocycles. The molecule has 2 N–H and O–H groups in total. The fourth-order valence-electron chi connectivity index (χ4n) is 3.07. The Kier molecular flexibility index (Phi) is 5.37. The number of nitrogens with zero attached hydrogens (tertiary/aromatic N) is 1. The van der Waals surface area contributed by atoms with E-state index in [1.165, 1.54) is 11.1 Å². The molecule has 1 aromatic rings. The van der Waals surface area contributed by atoms with Crippen molar-refractivity contribution in [1.82, 2.24) is 15.5 Å². The van der Waals surface area contributed by atoms with Crippen LogP contribution in [0, 0.1) is 5.92 Å². The van der Waals surface area contributed by atoms with E-state index >= 15 is 0 Å². The van der Waals surface area contributed by atoms with Crippen molar-refractivity contribution >= 4 is 5.91 Å². The zero-order chi connectivity index (χ0) is 15.4. The zero-order valence-electron chi connectivity index (χ0n) is 13.5. The molecule has 1 aromatic carbocycles. The third-order valence-corrected chi connectivity index (χ3v) is 4.33. The Balaban J connectivity index is 2.02. The van der Waals surface area contributed by atoms with Gasteiger partial charge in [-0.15, -0.1) is 0 Å². The van der Waals surface area contributed by atoms with Gasteiger partial charge in [-0.1, -0.05) is 38.1 Å². The lowest BCUT2D eigenvalue weighted by atomic mass is 9.90. The fraction of sp³-hybridized carbons (Fsp3) is 0.588. The van der Waals surface area contributed by atoms with E-state index in [1.54, 1.807) is 0 Å². The number of likely N-dealkylation sites (N-methyl/N-ethyl adjacent to an activating group) is 1. The number of rotatable bonds is 5. The Morgan fingerprint density at radius 1 is 1.38 bits per heavy atom. The lowest BCUT2D eigenvalue weighted by Crippen LogP contribution is -2.46. The molecule has 1 heterocycles. The van der Waals surface area contributed by atoms with Crippen molar-refractivity contribution in [2.45, 2.75) is 32.4 Å². The van der Waals surface area contributed by atoms with Gasteiger partial charge in [0.15, 0.2) is 0 Å². The Hall–Kier alpha value is -1.39. The van der Waals surface area contributed by atoms with Gasteiger partial charge in [-0.05, 0) is 31.1 Å². The summed E-state index contributed by atoms with van der Waals surface area (Å²) >= 11 is 0. The third-order valence-electron chi connectivity index (χ3n) is 4.33. The van der Waals surface area contributed by atoms with Crippen molar-refractivity contribution < 1.29 is 4.79 Å². The second-order valence-corrected chi connectivity index (χ2v) is 6.40. The molecule has 1 amide bonds. The first-order valence-corrected chi connectivity index (χ1v) is 7.73. The molecule has 0 aromatic heterocycles. The van der Waals surface area contributed by atoms with Crippen molar-refractivity contribution in [2.75, 3.05) is 27.2 Å². The molecule has 0 aliphatic carbocycles. The number of benzene rings is 1. The van der Waals surface area contributed by atoms with Crippen LogP contribution >= 0.6 is 0 Å². The first-order chi connectivity index (χ1) is 10.0. The van der Waals surface area contributed by atoms with Crippen LogP contribution in [-0.2, 0) is 11.3 Å². The number of amides is 1. The number of carbonyl (C=O) groups is 1. The maximum Gasteiger partial charge on any atom is 0.228 e. The van der Waals surface area contributed by atoms with E-state index in [4.69, 9.17) is 0 Å². The quantitative estimate of drug-likeness (QED) is 0.865. The largest absolute Gasteiger partial charge is 0.354 e. The van der Waals surface area contributed by atoms with Gasteiger partial charge in [0.1, 0.15) is 0 Å². The predicted molar refractivity (Wildman–Crippen MR) is 86.2 cm³/mol. The molecular formula is C17H27N3O. The SMILES string of the molecule is CC(C)C(CNC(=O)C1CNCc2ccccc21)N(C)C. The van der Waals surface area contributed by atoms with Crippen LogP contribution in [0.3, 0.4) is 0 Å². The van der Waals surface area contributed by atoms with Crippen LogP contribution in [0.25, 0.3) is 0 Å². The van der Waals surface area contributed by atoms with Crippen LogP contribution in [-0.4, -0.2) is 44.0 Å². The third kappa shape index (κ3) is 3.83. The number of hydrogen-bond acceptors (Lipinski definition) is 3. The number of nitrogens with one attached hydrogen (secondary N) is 2. The van der Waals surface area contributed by atoms with Gasteiger partial charge in [-0.25, -0.2) is 0 Å². The van der Waals surface area contributed by atoms with Crippen LogP contribution in [0.2, 0.25) is 0 Å². The van der Waals surface area contributed by atoms with Gasteiger partial charge in [0, 0.05) is 25.7 Å². The van der Waals surface area contributed by atoms with Gasteiger partial charge in [-0.3, -0.25) is 4.79 Å². The summed E-state index contributed by atoms with van der Waals surface area (Å²) in [6.45, 7) is 6.65. The minimum Gasteiger partial charge on any atom is -0.354 e. The molecule has 0 saturated heterocycles. The summed E-state index contributed by atoms with van der Waals surface area (Å²) in [6.07, 6.45) is 0. The second kappa shape index (κ2) is 7.05. The maximum absolute atomic E-state index is 12.5. The molecule has 116 valence electrons. The average molecular weight is 289 g/mol. The number of hydrogen-bond donors (Lipinski definition) is 2. The van der Waals surface area contributed by atoms with Crippen LogP contribution in [0.5, 0.6) is 0 Å². The molecule has 4 heteroatoms. The zero-order valence-corrected chi connectivity index (χ0v) is 13.5. The molecule has 0 bridgehead atoms. The molecule has 4 nitrogen and oxygen atoms in total. The molecule has 21 heavy (non-hydrogen) atoms. The topological polar surface area (TPSA) is 44.4 Å². The molecule has 0 radical (unpaired) electrons. The lowest BCUT2D eigenvalue weighted by Gasteiger charge is -2.30. The van der Waals surface area contributed by atoms with Gasteiger partial charge in [0.05, 0.1) is 5.92 Å². The van der Waals surface area contributed by atoms with E-state index in [0.717, 1.165) is 13.1 Å². The van der Waals surface area contributed by atoms with Gasteiger partial charge >= 0.3 is 0 Å². The van der Waals surface area contributed by atoms with Gasteiger partial charge in [0.25, 0.3) is 0 Å². The van der Waals surface area contributed by atoms with Crippen molar-refractivity contribution in [2.24, 2.45) is 5.92 Å². The van der Waals surface area contributed by atoms with Crippen molar-refractivity contribution in [3.05, 3.63) is 35.4 Å². The van der Waals surface area contributed by atoms with E-state index in [9.17, 15) is 4.79 Å². The summed E-state index contributed by atoms with van der Waals surface area (Å²) < 4.78 is 0. The highest BCUT2D eigenvalue weighted by Crippen LogP contribution is 2.23. The normalized spacial score (nSPS) is 19.4. The van der Waals surface area contributed by atoms with Crippen molar-refractivity contribution in [3.63, 3.8) is 0 Å². The molecule has 1 aliphatic rings. The second-order valence-electron chi connectivity index (χ2n) is 6.40. The Morgan fingerprint density at radius 2 is 2.10 bits per heavy atom. The van der Waals surface area contributed by atoms with Gasteiger partial charge in [-0.2, -0.15) is 0 Å². The minimum absolute atomic E-state index is 0.0788.